The Balaban J connectivity index is 2.34. The number of rotatable bonds is 3. The van der Waals surface area contributed by atoms with Gasteiger partial charge >= 0.3 is 0 Å². The fourth-order valence-corrected chi connectivity index (χ4v) is 1.66. The van der Waals surface area contributed by atoms with Crippen molar-refractivity contribution in [1.82, 2.24) is 4.98 Å². The van der Waals surface area contributed by atoms with E-state index >= 15 is 0 Å². The number of benzene rings is 1. The van der Waals surface area contributed by atoms with Gasteiger partial charge in [-0.2, -0.15) is 0 Å². The van der Waals surface area contributed by atoms with Gasteiger partial charge in [0.05, 0.1) is 11.2 Å². The molecule has 0 saturated carbocycles. The molecule has 0 unspecified atom stereocenters. The lowest BCUT2D eigenvalue weighted by Gasteiger charge is -2.10. The van der Waals surface area contributed by atoms with E-state index in [4.69, 9.17) is 33.7 Å². The highest BCUT2D eigenvalue weighted by atomic mass is 35.5. The molecule has 17 heavy (non-hydrogen) atoms. The van der Waals surface area contributed by atoms with Crippen LogP contribution in [0.15, 0.2) is 36.7 Å². The maximum atomic E-state index is 6.01. The van der Waals surface area contributed by atoms with Crippen LogP contribution in [0.4, 0.5) is 0 Å². The topological polar surface area (TPSA) is 48.1 Å². The summed E-state index contributed by atoms with van der Waals surface area (Å²) in [6.07, 6.45) is 3.26. The molecule has 0 bridgehead atoms. The number of nitrogens with two attached hydrogens (primary N) is 1. The molecular formula is C12H10Cl2N2O. The Morgan fingerprint density at radius 1 is 1.18 bits per heavy atom. The van der Waals surface area contributed by atoms with Crippen LogP contribution in [0, 0.1) is 0 Å². The third kappa shape index (κ3) is 2.88. The van der Waals surface area contributed by atoms with Crippen molar-refractivity contribution in [3.8, 4) is 11.5 Å². The van der Waals surface area contributed by atoms with Crippen LogP contribution in [0.5, 0.6) is 11.5 Å². The van der Waals surface area contributed by atoms with E-state index in [9.17, 15) is 0 Å². The van der Waals surface area contributed by atoms with Gasteiger partial charge in [-0.05, 0) is 18.2 Å². The Morgan fingerprint density at radius 2 is 2.00 bits per heavy atom. The summed E-state index contributed by atoms with van der Waals surface area (Å²) in [5, 5.41) is 1.05. The molecule has 1 heterocycles. The summed E-state index contributed by atoms with van der Waals surface area (Å²) >= 11 is 11.9. The van der Waals surface area contributed by atoms with Crippen molar-refractivity contribution in [2.45, 2.75) is 6.54 Å². The van der Waals surface area contributed by atoms with Crippen LogP contribution in [0.1, 0.15) is 5.56 Å². The minimum absolute atomic E-state index is 0.371. The fourth-order valence-electron chi connectivity index (χ4n) is 1.34. The van der Waals surface area contributed by atoms with Crippen LogP contribution < -0.4 is 10.5 Å². The smallest absolute Gasteiger partial charge is 0.150 e. The SMILES string of the molecule is NCc1ccncc1Oc1cc(Cl)ccc1Cl. The molecule has 0 atom stereocenters. The Labute approximate surface area is 109 Å². The standard InChI is InChI=1S/C12H10Cl2N2O/c13-9-1-2-10(14)11(5-9)17-12-7-16-4-3-8(12)6-15/h1-5,7H,6,15H2. The summed E-state index contributed by atoms with van der Waals surface area (Å²) in [4.78, 5) is 3.98. The van der Waals surface area contributed by atoms with Gasteiger partial charge in [-0.15, -0.1) is 0 Å². The highest BCUT2D eigenvalue weighted by molar-refractivity contribution is 6.34. The molecule has 2 aromatic rings. The zero-order valence-corrected chi connectivity index (χ0v) is 10.4. The molecule has 2 N–H and O–H groups in total. The number of hydrogen-bond donors (Lipinski definition) is 1. The molecule has 0 radical (unpaired) electrons. The zero-order valence-electron chi connectivity index (χ0n) is 8.86. The summed E-state index contributed by atoms with van der Waals surface area (Å²) in [5.41, 5.74) is 6.46. The van der Waals surface area contributed by atoms with Crippen LogP contribution in [-0.2, 0) is 6.54 Å². The molecule has 2 rings (SSSR count). The van der Waals surface area contributed by atoms with Gasteiger partial charge in [0, 0.05) is 29.4 Å². The summed E-state index contributed by atoms with van der Waals surface area (Å²) in [6, 6.07) is 6.83. The highest BCUT2D eigenvalue weighted by Gasteiger charge is 2.07. The summed E-state index contributed by atoms with van der Waals surface area (Å²) in [5.74, 6) is 1.07. The fraction of sp³-hybridized carbons (Fsp3) is 0.0833. The quantitative estimate of drug-likeness (QED) is 0.925. The van der Waals surface area contributed by atoms with Crippen molar-refractivity contribution in [2.24, 2.45) is 5.73 Å². The van der Waals surface area contributed by atoms with E-state index in [1.807, 2.05) is 0 Å². The first kappa shape index (κ1) is 12.2. The average Bonchev–Trinajstić information content (AvgIpc) is 2.34. The van der Waals surface area contributed by atoms with Gasteiger partial charge in [0.1, 0.15) is 11.5 Å². The second kappa shape index (κ2) is 5.36. The first-order valence-electron chi connectivity index (χ1n) is 4.96. The first-order chi connectivity index (χ1) is 8.20. The van der Waals surface area contributed by atoms with Gasteiger partial charge in [-0.3, -0.25) is 4.98 Å². The molecule has 0 saturated heterocycles. The number of hydrogen-bond acceptors (Lipinski definition) is 3. The lowest BCUT2D eigenvalue weighted by atomic mass is 10.2. The first-order valence-corrected chi connectivity index (χ1v) is 5.72. The van der Waals surface area contributed by atoms with E-state index in [1.165, 1.54) is 0 Å². The molecule has 0 spiro atoms. The number of nitrogens with zero attached hydrogens (tertiary/aromatic N) is 1. The molecule has 3 nitrogen and oxygen atoms in total. The highest BCUT2D eigenvalue weighted by Crippen LogP contribution is 2.32. The predicted molar refractivity (Wildman–Crippen MR) is 68.7 cm³/mol. The average molecular weight is 269 g/mol. The molecule has 0 fully saturated rings. The second-order valence-corrected chi connectivity index (χ2v) is 4.21. The summed E-state index contributed by atoms with van der Waals surface area (Å²) in [7, 11) is 0. The van der Waals surface area contributed by atoms with Crippen LogP contribution in [0.25, 0.3) is 0 Å². The van der Waals surface area contributed by atoms with Crippen LogP contribution in [-0.4, -0.2) is 4.98 Å². The molecule has 5 heteroatoms. The molecule has 0 aliphatic heterocycles. The van der Waals surface area contributed by atoms with Gasteiger partial charge in [0.2, 0.25) is 0 Å². The van der Waals surface area contributed by atoms with Gasteiger partial charge in [-0.1, -0.05) is 23.2 Å². The Morgan fingerprint density at radius 3 is 2.76 bits per heavy atom. The molecule has 1 aromatic heterocycles. The molecular weight excluding hydrogens is 259 g/mol. The monoisotopic (exact) mass is 268 g/mol. The Hall–Kier alpha value is -1.29. The van der Waals surface area contributed by atoms with E-state index < -0.39 is 0 Å². The van der Waals surface area contributed by atoms with E-state index in [0.29, 0.717) is 28.1 Å². The van der Waals surface area contributed by atoms with Crippen molar-refractivity contribution in [3.05, 3.63) is 52.3 Å². The van der Waals surface area contributed by atoms with Gasteiger partial charge in [0.15, 0.2) is 0 Å². The Kier molecular flexibility index (Phi) is 3.84. The Bertz CT molecular complexity index is 532. The zero-order chi connectivity index (χ0) is 12.3. The second-order valence-electron chi connectivity index (χ2n) is 3.36. The van der Waals surface area contributed by atoms with Gasteiger partial charge in [0.25, 0.3) is 0 Å². The number of aromatic nitrogens is 1. The lowest BCUT2D eigenvalue weighted by Crippen LogP contribution is -1.99. The van der Waals surface area contributed by atoms with Crippen molar-refractivity contribution in [1.29, 1.82) is 0 Å². The van der Waals surface area contributed by atoms with Crippen molar-refractivity contribution >= 4 is 23.2 Å². The number of ether oxygens (including phenoxy) is 1. The molecule has 0 aliphatic rings. The van der Waals surface area contributed by atoms with Gasteiger partial charge < -0.3 is 10.5 Å². The van der Waals surface area contributed by atoms with E-state index in [1.54, 1.807) is 36.7 Å². The largest absolute Gasteiger partial charge is 0.454 e. The van der Waals surface area contributed by atoms with Crippen molar-refractivity contribution in [2.75, 3.05) is 0 Å². The van der Waals surface area contributed by atoms with Crippen LogP contribution >= 0.6 is 23.2 Å². The van der Waals surface area contributed by atoms with Crippen LogP contribution in [0.2, 0.25) is 10.0 Å². The number of pyridine rings is 1. The third-order valence-electron chi connectivity index (χ3n) is 2.20. The normalized spacial score (nSPS) is 10.3. The van der Waals surface area contributed by atoms with Gasteiger partial charge in [-0.25, -0.2) is 0 Å². The van der Waals surface area contributed by atoms with Crippen LogP contribution in [0.3, 0.4) is 0 Å². The third-order valence-corrected chi connectivity index (χ3v) is 2.75. The number of halogens is 2. The minimum Gasteiger partial charge on any atom is -0.454 e. The molecule has 88 valence electrons. The predicted octanol–water partition coefficient (Wildman–Crippen LogP) is 3.64. The molecule has 0 aliphatic carbocycles. The maximum absolute atomic E-state index is 6.01. The maximum Gasteiger partial charge on any atom is 0.150 e. The van der Waals surface area contributed by atoms with Crippen molar-refractivity contribution < 1.29 is 4.74 Å². The van der Waals surface area contributed by atoms with E-state index in [0.717, 1.165) is 5.56 Å². The van der Waals surface area contributed by atoms with E-state index in [-0.39, 0.29) is 0 Å². The molecule has 1 aromatic carbocycles. The molecule has 0 amide bonds. The van der Waals surface area contributed by atoms with E-state index in [2.05, 4.69) is 4.98 Å². The minimum atomic E-state index is 0.371. The lowest BCUT2D eigenvalue weighted by molar-refractivity contribution is 0.474. The summed E-state index contributed by atoms with van der Waals surface area (Å²) in [6.45, 7) is 0.371. The summed E-state index contributed by atoms with van der Waals surface area (Å²) < 4.78 is 5.65. The van der Waals surface area contributed by atoms with Crippen molar-refractivity contribution in [3.63, 3.8) is 0 Å².